The first-order chi connectivity index (χ1) is 5.81. The normalized spacial score (nSPS) is 12.8. The molecule has 0 bridgehead atoms. The molecule has 2 heteroatoms. The highest BCUT2D eigenvalue weighted by atomic mass is 79.9. The molecule has 0 aliphatic heterocycles. The third kappa shape index (κ3) is 8.25. The van der Waals surface area contributed by atoms with Gasteiger partial charge in [0.1, 0.15) is 6.29 Å². The Labute approximate surface area is 84.1 Å². The van der Waals surface area contributed by atoms with Crippen LogP contribution in [0.1, 0.15) is 51.9 Å². The van der Waals surface area contributed by atoms with Crippen LogP contribution in [0, 0.1) is 0 Å². The van der Waals surface area contributed by atoms with Crippen molar-refractivity contribution in [3.05, 3.63) is 0 Å². The summed E-state index contributed by atoms with van der Waals surface area (Å²) in [4.78, 5) is 10.3. The van der Waals surface area contributed by atoms with E-state index in [1.807, 2.05) is 0 Å². The van der Waals surface area contributed by atoms with E-state index in [9.17, 15) is 4.79 Å². The highest BCUT2D eigenvalue weighted by molar-refractivity contribution is 9.09. The predicted octanol–water partition coefficient (Wildman–Crippen LogP) is 3.70. The lowest BCUT2D eigenvalue weighted by Gasteiger charge is -2.01. The van der Waals surface area contributed by atoms with Gasteiger partial charge < -0.3 is 4.79 Å². The van der Waals surface area contributed by atoms with Crippen molar-refractivity contribution in [3.8, 4) is 0 Å². The van der Waals surface area contributed by atoms with Gasteiger partial charge in [0.25, 0.3) is 0 Å². The number of alkyl halides is 1. The van der Waals surface area contributed by atoms with Crippen LogP contribution >= 0.6 is 15.9 Å². The van der Waals surface area contributed by atoms with Gasteiger partial charge in [0, 0.05) is 0 Å². The van der Waals surface area contributed by atoms with E-state index in [1.54, 1.807) is 0 Å². The molecule has 12 heavy (non-hydrogen) atoms. The van der Waals surface area contributed by atoms with Gasteiger partial charge in [0.15, 0.2) is 0 Å². The molecule has 0 aromatic heterocycles. The largest absolute Gasteiger partial charge is 0.302 e. The second-order valence-corrected chi connectivity index (χ2v) is 4.38. The SMILES string of the molecule is CCCCCCCC[C@@H](Br)C=O. The van der Waals surface area contributed by atoms with Crippen molar-refractivity contribution in [3.63, 3.8) is 0 Å². The average Bonchev–Trinajstić information content (AvgIpc) is 2.10. The molecule has 0 unspecified atom stereocenters. The molecule has 1 atom stereocenters. The Kier molecular flexibility index (Phi) is 9.36. The first-order valence-corrected chi connectivity index (χ1v) is 5.82. The van der Waals surface area contributed by atoms with E-state index in [0.29, 0.717) is 0 Å². The minimum Gasteiger partial charge on any atom is -0.302 e. The fourth-order valence-electron chi connectivity index (χ4n) is 1.19. The molecule has 0 saturated heterocycles. The summed E-state index contributed by atoms with van der Waals surface area (Å²) in [5.41, 5.74) is 0. The lowest BCUT2D eigenvalue weighted by molar-refractivity contribution is -0.107. The third-order valence-corrected chi connectivity index (χ3v) is 2.65. The second kappa shape index (κ2) is 9.24. The van der Waals surface area contributed by atoms with Gasteiger partial charge in [-0.15, -0.1) is 0 Å². The van der Waals surface area contributed by atoms with Crippen LogP contribution in [0.2, 0.25) is 0 Å². The van der Waals surface area contributed by atoms with Gasteiger partial charge in [-0.1, -0.05) is 61.4 Å². The molecule has 0 radical (unpaired) electrons. The van der Waals surface area contributed by atoms with Crippen molar-refractivity contribution in [2.75, 3.05) is 0 Å². The fraction of sp³-hybridized carbons (Fsp3) is 0.900. The summed E-state index contributed by atoms with van der Waals surface area (Å²) >= 11 is 3.29. The Bertz CT molecular complexity index is 104. The maximum atomic E-state index is 10.2. The summed E-state index contributed by atoms with van der Waals surface area (Å²) in [6.07, 6.45) is 9.76. The Hall–Kier alpha value is 0.150. The number of hydrogen-bond acceptors (Lipinski definition) is 1. The molecule has 1 nitrogen and oxygen atoms in total. The molecule has 0 N–H and O–H groups in total. The Morgan fingerprint density at radius 1 is 1.17 bits per heavy atom. The van der Waals surface area contributed by atoms with Crippen LogP contribution in [0.15, 0.2) is 0 Å². The molecule has 0 spiro atoms. The topological polar surface area (TPSA) is 17.1 Å². The van der Waals surface area contributed by atoms with Crippen molar-refractivity contribution >= 4 is 22.2 Å². The van der Waals surface area contributed by atoms with Crippen LogP contribution in [0.5, 0.6) is 0 Å². The molecule has 0 fully saturated rings. The predicted molar refractivity (Wildman–Crippen MR) is 56.8 cm³/mol. The lowest BCUT2D eigenvalue weighted by atomic mass is 10.1. The number of unbranched alkanes of at least 4 members (excludes halogenated alkanes) is 5. The van der Waals surface area contributed by atoms with E-state index in [4.69, 9.17) is 0 Å². The zero-order valence-electron chi connectivity index (χ0n) is 7.89. The van der Waals surface area contributed by atoms with E-state index in [0.717, 1.165) is 12.7 Å². The summed E-state index contributed by atoms with van der Waals surface area (Å²) in [6.45, 7) is 2.22. The van der Waals surface area contributed by atoms with Gasteiger partial charge in [-0.05, 0) is 6.42 Å². The zero-order valence-corrected chi connectivity index (χ0v) is 9.48. The fourth-order valence-corrected chi connectivity index (χ4v) is 1.51. The smallest absolute Gasteiger partial charge is 0.133 e. The van der Waals surface area contributed by atoms with E-state index >= 15 is 0 Å². The third-order valence-electron chi connectivity index (χ3n) is 1.98. The van der Waals surface area contributed by atoms with Gasteiger partial charge >= 0.3 is 0 Å². The molecule has 72 valence electrons. The molecular formula is C10H19BrO. The summed E-state index contributed by atoms with van der Waals surface area (Å²) in [5.74, 6) is 0. The Balaban J connectivity index is 2.95. The minimum absolute atomic E-state index is 0.0867. The highest BCUT2D eigenvalue weighted by Gasteiger charge is 1.99. The Morgan fingerprint density at radius 3 is 2.33 bits per heavy atom. The van der Waals surface area contributed by atoms with Gasteiger partial charge in [-0.3, -0.25) is 0 Å². The second-order valence-electron chi connectivity index (χ2n) is 3.21. The lowest BCUT2D eigenvalue weighted by Crippen LogP contribution is -1.97. The quantitative estimate of drug-likeness (QED) is 0.356. The molecular weight excluding hydrogens is 216 g/mol. The number of carbonyl (C=O) groups excluding carboxylic acids is 1. The van der Waals surface area contributed by atoms with Gasteiger partial charge in [0.05, 0.1) is 4.83 Å². The zero-order chi connectivity index (χ0) is 9.23. The summed E-state index contributed by atoms with van der Waals surface area (Å²) < 4.78 is 0. The Morgan fingerprint density at radius 2 is 1.75 bits per heavy atom. The molecule has 0 aliphatic rings. The average molecular weight is 235 g/mol. The van der Waals surface area contributed by atoms with Crippen LogP contribution in [-0.4, -0.2) is 11.1 Å². The highest BCUT2D eigenvalue weighted by Crippen LogP contribution is 2.11. The van der Waals surface area contributed by atoms with Crippen LogP contribution in [0.3, 0.4) is 0 Å². The van der Waals surface area contributed by atoms with E-state index < -0.39 is 0 Å². The van der Waals surface area contributed by atoms with Gasteiger partial charge in [-0.2, -0.15) is 0 Å². The molecule has 0 aliphatic carbocycles. The van der Waals surface area contributed by atoms with Gasteiger partial charge in [0.2, 0.25) is 0 Å². The minimum atomic E-state index is 0.0867. The van der Waals surface area contributed by atoms with Crippen molar-refractivity contribution in [2.45, 2.75) is 56.7 Å². The van der Waals surface area contributed by atoms with Crippen LogP contribution in [0.25, 0.3) is 0 Å². The molecule has 0 amide bonds. The van der Waals surface area contributed by atoms with Crippen LogP contribution in [-0.2, 0) is 4.79 Å². The molecule has 0 heterocycles. The van der Waals surface area contributed by atoms with Gasteiger partial charge in [-0.25, -0.2) is 0 Å². The number of carbonyl (C=O) groups is 1. The number of aldehydes is 1. The number of hydrogen-bond donors (Lipinski definition) is 0. The number of rotatable bonds is 8. The first kappa shape index (κ1) is 12.2. The molecule has 0 aromatic carbocycles. The first-order valence-electron chi connectivity index (χ1n) is 4.90. The monoisotopic (exact) mass is 234 g/mol. The van der Waals surface area contributed by atoms with Crippen molar-refractivity contribution in [1.82, 2.24) is 0 Å². The van der Waals surface area contributed by atoms with Crippen molar-refractivity contribution < 1.29 is 4.79 Å². The van der Waals surface area contributed by atoms with Crippen LogP contribution < -0.4 is 0 Å². The summed E-state index contributed by atoms with van der Waals surface area (Å²) in [6, 6.07) is 0. The summed E-state index contributed by atoms with van der Waals surface area (Å²) in [5, 5.41) is 0. The van der Waals surface area contributed by atoms with E-state index in [1.165, 1.54) is 38.5 Å². The van der Waals surface area contributed by atoms with Crippen molar-refractivity contribution in [2.24, 2.45) is 0 Å². The van der Waals surface area contributed by atoms with Crippen LogP contribution in [0.4, 0.5) is 0 Å². The number of halogens is 1. The maximum absolute atomic E-state index is 10.2. The van der Waals surface area contributed by atoms with Crippen molar-refractivity contribution in [1.29, 1.82) is 0 Å². The molecule has 0 aromatic rings. The molecule has 0 saturated carbocycles. The molecule has 0 rings (SSSR count). The van der Waals surface area contributed by atoms with E-state index in [-0.39, 0.29) is 4.83 Å². The standard InChI is InChI=1S/C10H19BrO/c1-2-3-4-5-6-7-8-10(11)9-12/h9-10H,2-8H2,1H3/t10-/m1/s1. The van der Waals surface area contributed by atoms with E-state index in [2.05, 4.69) is 22.9 Å². The maximum Gasteiger partial charge on any atom is 0.133 e. The summed E-state index contributed by atoms with van der Waals surface area (Å²) in [7, 11) is 0.